The van der Waals surface area contributed by atoms with E-state index >= 15 is 0 Å². The summed E-state index contributed by atoms with van der Waals surface area (Å²) >= 11 is 0. The first-order valence-corrected chi connectivity index (χ1v) is 6.43. The summed E-state index contributed by atoms with van der Waals surface area (Å²) in [6.45, 7) is 12.1. The van der Waals surface area contributed by atoms with Crippen molar-refractivity contribution in [3.8, 4) is 0 Å². The molecule has 0 aliphatic rings. The van der Waals surface area contributed by atoms with Crippen LogP contribution in [0.5, 0.6) is 0 Å². The number of unbranched alkanes of at least 4 members (excludes halogenated alkanes) is 3. The Balaban J connectivity index is 3.94. The van der Waals surface area contributed by atoms with Gasteiger partial charge in [0.2, 0.25) is 5.91 Å². The first-order valence-electron chi connectivity index (χ1n) is 6.43. The fraction of sp³-hybridized carbons (Fsp3) is 0.786. The molecule has 0 aromatic heterocycles. The lowest BCUT2D eigenvalue weighted by atomic mass is 9.95. The average Bonchev–Trinajstić information content (AvgIpc) is 2.22. The Hall–Kier alpha value is -0.790. The van der Waals surface area contributed by atoms with Gasteiger partial charge in [0.15, 0.2) is 0 Å². The van der Waals surface area contributed by atoms with Gasteiger partial charge < -0.3 is 5.32 Å². The largest absolute Gasteiger partial charge is 0.347 e. The van der Waals surface area contributed by atoms with Gasteiger partial charge in [-0.1, -0.05) is 46.1 Å². The first kappa shape index (κ1) is 15.2. The van der Waals surface area contributed by atoms with Crippen LogP contribution in [0.3, 0.4) is 0 Å². The van der Waals surface area contributed by atoms with Gasteiger partial charge in [-0.2, -0.15) is 0 Å². The fourth-order valence-corrected chi connectivity index (χ4v) is 1.61. The van der Waals surface area contributed by atoms with Crippen LogP contribution in [0.1, 0.15) is 66.2 Å². The summed E-state index contributed by atoms with van der Waals surface area (Å²) in [7, 11) is 0. The highest BCUT2D eigenvalue weighted by atomic mass is 16.1. The maximum Gasteiger partial charge on any atom is 0.246 e. The van der Waals surface area contributed by atoms with Gasteiger partial charge in [0, 0.05) is 11.1 Å². The lowest BCUT2D eigenvalue weighted by molar-refractivity contribution is -0.119. The number of hydrogen-bond donors (Lipinski definition) is 1. The van der Waals surface area contributed by atoms with E-state index in [1.807, 2.05) is 6.92 Å². The second-order valence-corrected chi connectivity index (χ2v) is 5.11. The van der Waals surface area contributed by atoms with E-state index in [1.165, 1.54) is 25.7 Å². The van der Waals surface area contributed by atoms with E-state index in [0.29, 0.717) is 5.57 Å². The van der Waals surface area contributed by atoms with Crippen molar-refractivity contribution in [3.05, 3.63) is 12.2 Å². The van der Waals surface area contributed by atoms with Crippen molar-refractivity contribution in [2.75, 3.05) is 0 Å². The molecule has 1 amide bonds. The third kappa shape index (κ3) is 6.65. The topological polar surface area (TPSA) is 29.1 Å². The highest BCUT2D eigenvalue weighted by molar-refractivity contribution is 5.93. The molecule has 0 aliphatic heterocycles. The lowest BCUT2D eigenvalue weighted by Gasteiger charge is -2.26. The van der Waals surface area contributed by atoms with Gasteiger partial charge in [-0.25, -0.2) is 0 Å². The normalized spacial score (nSPS) is 11.2. The molecule has 0 rings (SSSR count). The van der Waals surface area contributed by atoms with Crippen molar-refractivity contribution < 1.29 is 4.79 Å². The summed E-state index contributed by atoms with van der Waals surface area (Å²) in [5, 5.41) is 3.05. The molecule has 0 saturated heterocycles. The van der Waals surface area contributed by atoms with Crippen LogP contribution < -0.4 is 5.32 Å². The lowest BCUT2D eigenvalue weighted by Crippen LogP contribution is -2.43. The zero-order chi connectivity index (χ0) is 12.6. The van der Waals surface area contributed by atoms with Crippen LogP contribution in [-0.2, 0) is 4.79 Å². The van der Waals surface area contributed by atoms with Crippen LogP contribution >= 0.6 is 0 Å². The Morgan fingerprint density at radius 3 is 2.31 bits per heavy atom. The van der Waals surface area contributed by atoms with E-state index in [4.69, 9.17) is 0 Å². The molecule has 0 aliphatic carbocycles. The number of hydrogen-bond acceptors (Lipinski definition) is 1. The number of rotatable bonds is 8. The Bertz CT molecular complexity index is 231. The quantitative estimate of drug-likeness (QED) is 0.494. The Morgan fingerprint density at radius 2 is 1.81 bits per heavy atom. The summed E-state index contributed by atoms with van der Waals surface area (Å²) in [6.07, 6.45) is 6.73. The number of carbonyl (C=O) groups excluding carboxylic acids is 1. The molecule has 0 heterocycles. The van der Waals surface area contributed by atoms with Crippen LogP contribution in [0.25, 0.3) is 0 Å². The SMILES string of the molecule is C=C(CC)C(=O)NC(C)(C)CCCCCC. The number of nitrogens with one attached hydrogen (secondary N) is 1. The third-order valence-corrected chi connectivity index (χ3v) is 2.86. The molecule has 2 heteroatoms. The standard InChI is InChI=1S/C14H27NO/c1-6-8-9-10-11-14(4,5)15-13(16)12(3)7-2/h3,6-11H2,1-2,4-5H3,(H,15,16). The zero-order valence-corrected chi connectivity index (χ0v) is 11.4. The maximum absolute atomic E-state index is 11.7. The molecule has 0 atom stereocenters. The minimum atomic E-state index is -0.108. The van der Waals surface area contributed by atoms with E-state index in [-0.39, 0.29) is 11.4 Å². The van der Waals surface area contributed by atoms with Crippen molar-refractivity contribution in [2.24, 2.45) is 0 Å². The molecule has 2 nitrogen and oxygen atoms in total. The van der Waals surface area contributed by atoms with Gasteiger partial charge in [0.25, 0.3) is 0 Å². The summed E-state index contributed by atoms with van der Waals surface area (Å²) in [4.78, 5) is 11.7. The summed E-state index contributed by atoms with van der Waals surface area (Å²) in [5.41, 5.74) is 0.560. The van der Waals surface area contributed by atoms with E-state index < -0.39 is 0 Å². The molecule has 0 aromatic carbocycles. The molecular formula is C14H27NO. The monoisotopic (exact) mass is 225 g/mol. The van der Waals surface area contributed by atoms with E-state index in [0.717, 1.165) is 12.8 Å². The van der Waals surface area contributed by atoms with E-state index in [1.54, 1.807) is 0 Å². The molecule has 94 valence electrons. The Labute approximate surface area is 101 Å². The van der Waals surface area contributed by atoms with Crippen LogP contribution in [0.4, 0.5) is 0 Å². The predicted molar refractivity (Wildman–Crippen MR) is 70.4 cm³/mol. The number of amides is 1. The van der Waals surface area contributed by atoms with Crippen LogP contribution in [0, 0.1) is 0 Å². The molecule has 0 spiro atoms. The first-order chi connectivity index (χ1) is 7.43. The van der Waals surface area contributed by atoms with Crippen molar-refractivity contribution in [1.82, 2.24) is 5.32 Å². The van der Waals surface area contributed by atoms with Crippen molar-refractivity contribution in [1.29, 1.82) is 0 Å². The summed E-state index contributed by atoms with van der Waals surface area (Å²) in [5.74, 6) is 0.00277. The fourth-order valence-electron chi connectivity index (χ4n) is 1.61. The second kappa shape index (κ2) is 7.48. The molecule has 1 N–H and O–H groups in total. The van der Waals surface area contributed by atoms with Gasteiger partial charge in [-0.05, 0) is 26.7 Å². The van der Waals surface area contributed by atoms with E-state index in [9.17, 15) is 4.79 Å². The molecule has 0 radical (unpaired) electrons. The average molecular weight is 225 g/mol. The Kier molecular flexibility index (Phi) is 7.11. The molecule has 0 bridgehead atoms. The van der Waals surface area contributed by atoms with Gasteiger partial charge in [0.05, 0.1) is 0 Å². The Morgan fingerprint density at radius 1 is 1.19 bits per heavy atom. The smallest absolute Gasteiger partial charge is 0.246 e. The highest BCUT2D eigenvalue weighted by Crippen LogP contribution is 2.15. The third-order valence-electron chi connectivity index (χ3n) is 2.86. The predicted octanol–water partition coefficient (Wildman–Crippen LogP) is 3.82. The molecule has 0 fully saturated rings. The molecular weight excluding hydrogens is 198 g/mol. The number of carbonyl (C=O) groups is 1. The molecule has 16 heavy (non-hydrogen) atoms. The van der Waals surface area contributed by atoms with Crippen LogP contribution in [0.15, 0.2) is 12.2 Å². The van der Waals surface area contributed by atoms with Gasteiger partial charge in [0.1, 0.15) is 0 Å². The maximum atomic E-state index is 11.7. The van der Waals surface area contributed by atoms with Crippen molar-refractivity contribution in [3.63, 3.8) is 0 Å². The van der Waals surface area contributed by atoms with Crippen molar-refractivity contribution in [2.45, 2.75) is 71.8 Å². The van der Waals surface area contributed by atoms with Crippen molar-refractivity contribution >= 4 is 5.91 Å². The molecule has 0 aromatic rings. The van der Waals surface area contributed by atoms with Gasteiger partial charge >= 0.3 is 0 Å². The van der Waals surface area contributed by atoms with E-state index in [2.05, 4.69) is 32.7 Å². The minimum Gasteiger partial charge on any atom is -0.347 e. The van der Waals surface area contributed by atoms with Crippen LogP contribution in [-0.4, -0.2) is 11.4 Å². The molecule has 0 saturated carbocycles. The zero-order valence-electron chi connectivity index (χ0n) is 11.4. The van der Waals surface area contributed by atoms with Gasteiger partial charge in [-0.3, -0.25) is 4.79 Å². The summed E-state index contributed by atoms with van der Waals surface area (Å²) < 4.78 is 0. The van der Waals surface area contributed by atoms with Crippen LogP contribution in [0.2, 0.25) is 0 Å². The minimum absolute atomic E-state index is 0.00277. The molecule has 0 unspecified atom stereocenters. The highest BCUT2D eigenvalue weighted by Gasteiger charge is 2.20. The second-order valence-electron chi connectivity index (χ2n) is 5.11. The summed E-state index contributed by atoms with van der Waals surface area (Å²) in [6, 6.07) is 0. The van der Waals surface area contributed by atoms with Gasteiger partial charge in [-0.15, -0.1) is 0 Å².